The summed E-state index contributed by atoms with van der Waals surface area (Å²) < 4.78 is 0. The standard InChI is InChI=1S/C23H32N6O/c1-2-25-23(27-17-22(30)28-21-7-6-12-24-16-21)26-15-19-8-10-20(11-9-19)18-29-13-4-3-5-14-29/h6-12,16H,2-5,13-15,17-18H2,1H3,(H,28,30)(H2,25,26,27). The van der Waals surface area contributed by atoms with Crippen molar-refractivity contribution in [2.45, 2.75) is 39.3 Å². The molecule has 0 bridgehead atoms. The maximum Gasteiger partial charge on any atom is 0.243 e. The van der Waals surface area contributed by atoms with Gasteiger partial charge in [0, 0.05) is 19.3 Å². The van der Waals surface area contributed by atoms with Crippen LogP contribution in [0, 0.1) is 0 Å². The number of hydrogen-bond acceptors (Lipinski definition) is 4. The van der Waals surface area contributed by atoms with E-state index in [2.05, 4.69) is 55.1 Å². The normalized spacial score (nSPS) is 14.9. The Morgan fingerprint density at radius 1 is 1.07 bits per heavy atom. The summed E-state index contributed by atoms with van der Waals surface area (Å²) in [4.78, 5) is 23.2. The first-order chi connectivity index (χ1) is 14.7. The van der Waals surface area contributed by atoms with Gasteiger partial charge in [-0.1, -0.05) is 30.7 Å². The van der Waals surface area contributed by atoms with Crippen LogP contribution in [0.2, 0.25) is 0 Å². The number of likely N-dealkylation sites (tertiary alicyclic amines) is 1. The van der Waals surface area contributed by atoms with E-state index in [1.54, 1.807) is 24.5 Å². The van der Waals surface area contributed by atoms with Crippen LogP contribution in [0.5, 0.6) is 0 Å². The molecule has 0 radical (unpaired) electrons. The quantitative estimate of drug-likeness (QED) is 0.462. The number of aliphatic imine (C=N–C) groups is 1. The summed E-state index contributed by atoms with van der Waals surface area (Å²) in [6, 6.07) is 12.3. The molecule has 2 heterocycles. The molecule has 0 unspecified atom stereocenters. The van der Waals surface area contributed by atoms with Gasteiger partial charge in [-0.15, -0.1) is 0 Å². The number of guanidine groups is 1. The number of nitrogens with one attached hydrogen (secondary N) is 3. The van der Waals surface area contributed by atoms with Crippen LogP contribution in [-0.4, -0.2) is 47.9 Å². The minimum absolute atomic E-state index is 0.134. The molecule has 1 amide bonds. The van der Waals surface area contributed by atoms with Crippen molar-refractivity contribution in [1.82, 2.24) is 20.5 Å². The van der Waals surface area contributed by atoms with Crippen molar-refractivity contribution in [3.63, 3.8) is 0 Å². The average molecular weight is 409 g/mol. The molecule has 30 heavy (non-hydrogen) atoms. The Bertz CT molecular complexity index is 800. The number of anilines is 1. The Morgan fingerprint density at radius 2 is 1.83 bits per heavy atom. The van der Waals surface area contributed by atoms with Gasteiger partial charge < -0.3 is 16.0 Å². The van der Waals surface area contributed by atoms with Gasteiger partial charge in [0.15, 0.2) is 5.96 Å². The molecule has 1 saturated heterocycles. The third-order valence-corrected chi connectivity index (χ3v) is 5.00. The molecule has 0 aliphatic carbocycles. The minimum atomic E-state index is -0.143. The number of hydrogen-bond donors (Lipinski definition) is 3. The van der Waals surface area contributed by atoms with E-state index in [1.165, 1.54) is 37.9 Å². The monoisotopic (exact) mass is 408 g/mol. The van der Waals surface area contributed by atoms with Crippen LogP contribution in [0.25, 0.3) is 0 Å². The summed E-state index contributed by atoms with van der Waals surface area (Å²) in [5.41, 5.74) is 3.17. The van der Waals surface area contributed by atoms with Crippen molar-refractivity contribution in [1.29, 1.82) is 0 Å². The molecule has 160 valence electrons. The van der Waals surface area contributed by atoms with Gasteiger partial charge >= 0.3 is 0 Å². The SMILES string of the molecule is CCNC(=NCc1ccc(CN2CCCCC2)cc1)NCC(=O)Nc1cccnc1. The number of pyridine rings is 1. The Hall–Kier alpha value is -2.93. The topological polar surface area (TPSA) is 81.7 Å². The molecule has 3 N–H and O–H groups in total. The first-order valence-corrected chi connectivity index (χ1v) is 10.7. The molecular formula is C23H32N6O. The number of carbonyl (C=O) groups excluding carboxylic acids is 1. The van der Waals surface area contributed by atoms with Gasteiger partial charge in [-0.3, -0.25) is 14.7 Å². The van der Waals surface area contributed by atoms with Crippen LogP contribution in [0.3, 0.4) is 0 Å². The summed E-state index contributed by atoms with van der Waals surface area (Å²) in [7, 11) is 0. The summed E-state index contributed by atoms with van der Waals surface area (Å²) >= 11 is 0. The van der Waals surface area contributed by atoms with Gasteiger partial charge in [0.2, 0.25) is 5.91 Å². The lowest BCUT2D eigenvalue weighted by Crippen LogP contribution is -2.41. The van der Waals surface area contributed by atoms with Gasteiger partial charge in [0.1, 0.15) is 0 Å². The summed E-state index contributed by atoms with van der Waals surface area (Å²) in [6.07, 6.45) is 7.28. The van der Waals surface area contributed by atoms with E-state index in [0.717, 1.165) is 18.7 Å². The number of nitrogens with zero attached hydrogens (tertiary/aromatic N) is 3. The second-order valence-corrected chi connectivity index (χ2v) is 7.49. The molecular weight excluding hydrogens is 376 g/mol. The highest BCUT2D eigenvalue weighted by molar-refractivity contribution is 5.94. The largest absolute Gasteiger partial charge is 0.357 e. The first kappa shape index (κ1) is 21.8. The van der Waals surface area contributed by atoms with Crippen molar-refractivity contribution < 1.29 is 4.79 Å². The van der Waals surface area contributed by atoms with Crippen LogP contribution >= 0.6 is 0 Å². The fourth-order valence-corrected chi connectivity index (χ4v) is 3.44. The molecule has 7 nitrogen and oxygen atoms in total. The minimum Gasteiger partial charge on any atom is -0.357 e. The number of amides is 1. The fourth-order valence-electron chi connectivity index (χ4n) is 3.44. The Kier molecular flexibility index (Phi) is 8.65. The number of piperidine rings is 1. The number of aromatic nitrogens is 1. The van der Waals surface area contributed by atoms with Gasteiger partial charge in [-0.25, -0.2) is 4.99 Å². The lowest BCUT2D eigenvalue weighted by atomic mass is 10.1. The lowest BCUT2D eigenvalue weighted by molar-refractivity contribution is -0.115. The smallest absolute Gasteiger partial charge is 0.243 e. The number of rotatable bonds is 8. The molecule has 1 aromatic heterocycles. The van der Waals surface area contributed by atoms with Crippen LogP contribution < -0.4 is 16.0 Å². The predicted molar refractivity (Wildman–Crippen MR) is 121 cm³/mol. The number of benzene rings is 1. The van der Waals surface area contributed by atoms with Crippen molar-refractivity contribution in [3.05, 3.63) is 59.9 Å². The van der Waals surface area contributed by atoms with E-state index in [-0.39, 0.29) is 12.5 Å². The maximum atomic E-state index is 12.1. The third kappa shape index (κ3) is 7.48. The summed E-state index contributed by atoms with van der Waals surface area (Å²) in [5.74, 6) is 0.479. The van der Waals surface area contributed by atoms with E-state index in [1.807, 2.05) is 6.92 Å². The Balaban J connectivity index is 1.47. The fraction of sp³-hybridized carbons (Fsp3) is 0.435. The van der Waals surface area contributed by atoms with E-state index in [0.29, 0.717) is 18.2 Å². The Morgan fingerprint density at radius 3 is 2.53 bits per heavy atom. The Labute approximate surface area is 179 Å². The highest BCUT2D eigenvalue weighted by Crippen LogP contribution is 2.14. The van der Waals surface area contributed by atoms with Crippen molar-refractivity contribution in [3.8, 4) is 0 Å². The van der Waals surface area contributed by atoms with Gasteiger partial charge in [-0.05, 0) is 56.1 Å². The highest BCUT2D eigenvalue weighted by atomic mass is 16.1. The first-order valence-electron chi connectivity index (χ1n) is 10.7. The van der Waals surface area contributed by atoms with Crippen LogP contribution in [0.15, 0.2) is 53.8 Å². The maximum absolute atomic E-state index is 12.1. The van der Waals surface area contributed by atoms with Gasteiger partial charge in [-0.2, -0.15) is 0 Å². The zero-order valence-corrected chi connectivity index (χ0v) is 17.7. The molecule has 1 fully saturated rings. The average Bonchev–Trinajstić information content (AvgIpc) is 2.78. The molecule has 1 aliphatic rings. The molecule has 0 spiro atoms. The molecule has 1 aromatic carbocycles. The summed E-state index contributed by atoms with van der Waals surface area (Å²) in [6.45, 7) is 6.86. The van der Waals surface area contributed by atoms with E-state index in [4.69, 9.17) is 0 Å². The molecule has 0 atom stereocenters. The zero-order chi connectivity index (χ0) is 21.0. The van der Waals surface area contributed by atoms with Crippen molar-refractivity contribution in [2.24, 2.45) is 4.99 Å². The molecule has 7 heteroatoms. The zero-order valence-electron chi connectivity index (χ0n) is 17.7. The van der Waals surface area contributed by atoms with Gasteiger partial charge in [0.05, 0.1) is 25.0 Å². The highest BCUT2D eigenvalue weighted by Gasteiger charge is 2.10. The van der Waals surface area contributed by atoms with Crippen LogP contribution in [-0.2, 0) is 17.9 Å². The third-order valence-electron chi connectivity index (χ3n) is 5.00. The lowest BCUT2D eigenvalue weighted by Gasteiger charge is -2.26. The van der Waals surface area contributed by atoms with Crippen molar-refractivity contribution >= 4 is 17.6 Å². The van der Waals surface area contributed by atoms with Crippen LogP contribution in [0.4, 0.5) is 5.69 Å². The van der Waals surface area contributed by atoms with E-state index in [9.17, 15) is 4.79 Å². The predicted octanol–water partition coefficient (Wildman–Crippen LogP) is 2.76. The number of carbonyl (C=O) groups is 1. The van der Waals surface area contributed by atoms with E-state index >= 15 is 0 Å². The molecule has 0 saturated carbocycles. The summed E-state index contributed by atoms with van der Waals surface area (Å²) in [5, 5.41) is 9.06. The van der Waals surface area contributed by atoms with Crippen molar-refractivity contribution in [2.75, 3.05) is 31.5 Å². The molecule has 1 aliphatic heterocycles. The second-order valence-electron chi connectivity index (χ2n) is 7.49. The van der Waals surface area contributed by atoms with E-state index < -0.39 is 0 Å². The second kappa shape index (κ2) is 11.9. The van der Waals surface area contributed by atoms with Crippen LogP contribution in [0.1, 0.15) is 37.3 Å². The molecule has 3 rings (SSSR count). The van der Waals surface area contributed by atoms with Gasteiger partial charge in [0.25, 0.3) is 0 Å². The molecule has 2 aromatic rings.